The molecule has 0 N–H and O–H groups in total. The summed E-state index contributed by atoms with van der Waals surface area (Å²) in [6, 6.07) is 12.2. The summed E-state index contributed by atoms with van der Waals surface area (Å²) in [5, 5.41) is 6.46. The Hall–Kier alpha value is -2.67. The van der Waals surface area contributed by atoms with E-state index in [2.05, 4.69) is 22.3 Å². The van der Waals surface area contributed by atoms with Gasteiger partial charge in [0, 0.05) is 46.3 Å². The van der Waals surface area contributed by atoms with E-state index in [9.17, 15) is 0 Å². The van der Waals surface area contributed by atoms with Gasteiger partial charge in [-0.05, 0) is 63.5 Å². The molecular formula is C30H29Cl2N3O3. The van der Waals surface area contributed by atoms with Gasteiger partial charge in [-0.3, -0.25) is 4.98 Å². The van der Waals surface area contributed by atoms with Crippen molar-refractivity contribution >= 4 is 34.1 Å². The van der Waals surface area contributed by atoms with Gasteiger partial charge in [0.2, 0.25) is 5.88 Å². The van der Waals surface area contributed by atoms with E-state index in [1.54, 1.807) is 12.4 Å². The SMILES string of the molecule is Clc1cncc(Cl)c1-c1noc(C2CC2)c1COC12CCC(COc3ccc4ccccc4n3)(CC1)CC2. The van der Waals surface area contributed by atoms with Crippen LogP contribution in [0.2, 0.25) is 10.0 Å². The van der Waals surface area contributed by atoms with E-state index in [0.717, 1.165) is 73.6 Å². The fraction of sp³-hybridized carbons (Fsp3) is 0.433. The molecule has 4 saturated carbocycles. The van der Waals surface area contributed by atoms with Crippen LogP contribution in [-0.2, 0) is 11.3 Å². The standard InChI is InChI=1S/C30H29Cl2N3O3/c31-22-15-33-16-23(32)26(22)27-21(28(38-35-27)20-5-6-20)17-37-30-12-9-29(10-13-30,11-14-30)18-36-25-8-7-19-3-1-2-4-24(19)34-25/h1-4,7-8,15-16,20H,5-6,9-14,17-18H2. The summed E-state index contributed by atoms with van der Waals surface area (Å²) < 4.78 is 18.8. The molecular weight excluding hydrogens is 521 g/mol. The van der Waals surface area contributed by atoms with Crippen LogP contribution in [0, 0.1) is 5.41 Å². The monoisotopic (exact) mass is 549 g/mol. The Kier molecular flexibility index (Phi) is 6.10. The maximum atomic E-state index is 6.76. The van der Waals surface area contributed by atoms with Crippen LogP contribution in [0.3, 0.4) is 0 Å². The van der Waals surface area contributed by atoms with Gasteiger partial charge >= 0.3 is 0 Å². The van der Waals surface area contributed by atoms with Crippen molar-refractivity contribution in [2.45, 2.75) is 69.5 Å². The highest BCUT2D eigenvalue weighted by molar-refractivity contribution is 6.38. The third-order valence-corrected chi connectivity index (χ3v) is 9.38. The number of benzene rings is 1. The van der Waals surface area contributed by atoms with Crippen LogP contribution in [0.5, 0.6) is 5.88 Å². The highest BCUT2D eigenvalue weighted by Crippen LogP contribution is 2.55. The van der Waals surface area contributed by atoms with Gasteiger partial charge in [0.1, 0.15) is 11.5 Å². The summed E-state index contributed by atoms with van der Waals surface area (Å²) in [4.78, 5) is 8.79. The molecule has 0 atom stereocenters. The second-order valence-electron chi connectivity index (χ2n) is 11.2. The van der Waals surface area contributed by atoms with Gasteiger partial charge in [0.05, 0.1) is 34.4 Å². The highest BCUT2D eigenvalue weighted by atomic mass is 35.5. The number of rotatable bonds is 8. The molecule has 4 aromatic rings. The molecule has 2 bridgehead atoms. The zero-order chi connectivity index (χ0) is 25.7. The highest BCUT2D eigenvalue weighted by Gasteiger charge is 2.50. The summed E-state index contributed by atoms with van der Waals surface area (Å²) in [5.74, 6) is 2.02. The molecule has 4 fully saturated rings. The Morgan fingerprint density at radius 1 is 0.921 bits per heavy atom. The lowest BCUT2D eigenvalue weighted by atomic mass is 9.59. The van der Waals surface area contributed by atoms with Crippen LogP contribution < -0.4 is 4.74 Å². The number of ether oxygens (including phenoxy) is 2. The molecule has 8 heteroatoms. The van der Waals surface area contributed by atoms with E-state index in [1.807, 2.05) is 24.3 Å². The van der Waals surface area contributed by atoms with Crippen LogP contribution in [0.15, 0.2) is 53.3 Å². The molecule has 4 aliphatic carbocycles. The van der Waals surface area contributed by atoms with Crippen LogP contribution in [0.4, 0.5) is 0 Å². The molecule has 0 amide bonds. The summed E-state index contributed by atoms with van der Waals surface area (Å²) in [6.45, 7) is 1.15. The van der Waals surface area contributed by atoms with Crippen molar-refractivity contribution < 1.29 is 14.0 Å². The Bertz CT molecular complexity index is 1450. The third kappa shape index (κ3) is 4.47. The zero-order valence-electron chi connectivity index (χ0n) is 21.1. The second kappa shape index (κ2) is 9.51. The molecule has 0 saturated heterocycles. The molecule has 0 aliphatic heterocycles. The first-order chi connectivity index (χ1) is 18.5. The minimum absolute atomic E-state index is 0.121. The summed E-state index contributed by atoms with van der Waals surface area (Å²) >= 11 is 13.0. The third-order valence-electron chi connectivity index (χ3n) is 8.81. The van der Waals surface area contributed by atoms with Gasteiger partial charge in [-0.25, -0.2) is 4.98 Å². The number of fused-ring (bicyclic) bond motifs is 4. The Morgan fingerprint density at radius 3 is 2.39 bits per heavy atom. The molecule has 8 rings (SSSR count). The van der Waals surface area contributed by atoms with Crippen molar-refractivity contribution in [3.8, 4) is 17.1 Å². The van der Waals surface area contributed by atoms with Crippen molar-refractivity contribution in [1.29, 1.82) is 0 Å². The Morgan fingerprint density at radius 2 is 1.66 bits per heavy atom. The normalized spacial score (nSPS) is 24.7. The lowest BCUT2D eigenvalue weighted by Crippen LogP contribution is -2.49. The molecule has 3 heterocycles. The first kappa shape index (κ1) is 24.4. The van der Waals surface area contributed by atoms with Gasteiger partial charge in [0.25, 0.3) is 0 Å². The summed E-state index contributed by atoms with van der Waals surface area (Å²) in [7, 11) is 0. The van der Waals surface area contributed by atoms with Crippen LogP contribution in [0.25, 0.3) is 22.2 Å². The average Bonchev–Trinajstić information content (AvgIpc) is 3.72. The molecule has 38 heavy (non-hydrogen) atoms. The lowest BCUT2D eigenvalue weighted by Gasteiger charge is -2.52. The van der Waals surface area contributed by atoms with Crippen molar-refractivity contribution in [3.63, 3.8) is 0 Å². The summed E-state index contributed by atoms with van der Waals surface area (Å²) in [5.41, 5.74) is 3.36. The topological polar surface area (TPSA) is 70.3 Å². The second-order valence-corrected chi connectivity index (χ2v) is 12.0. The number of nitrogens with zero attached hydrogens (tertiary/aromatic N) is 3. The molecule has 0 spiro atoms. The molecule has 0 unspecified atom stereocenters. The number of para-hydroxylation sites is 1. The van der Waals surface area contributed by atoms with E-state index >= 15 is 0 Å². The van der Waals surface area contributed by atoms with Gasteiger partial charge in [-0.2, -0.15) is 0 Å². The number of aromatic nitrogens is 3. The zero-order valence-corrected chi connectivity index (χ0v) is 22.6. The minimum atomic E-state index is -0.121. The van der Waals surface area contributed by atoms with Crippen molar-refractivity contribution in [2.75, 3.05) is 6.61 Å². The van der Waals surface area contributed by atoms with Gasteiger partial charge in [-0.15, -0.1) is 0 Å². The maximum Gasteiger partial charge on any atom is 0.213 e. The smallest absolute Gasteiger partial charge is 0.213 e. The fourth-order valence-corrected chi connectivity index (χ4v) is 6.75. The fourth-order valence-electron chi connectivity index (χ4n) is 6.20. The molecule has 1 aromatic carbocycles. The van der Waals surface area contributed by atoms with Crippen molar-refractivity contribution in [2.24, 2.45) is 5.41 Å². The van der Waals surface area contributed by atoms with Gasteiger partial charge in [0.15, 0.2) is 0 Å². The molecule has 4 aliphatic rings. The van der Waals surface area contributed by atoms with Gasteiger partial charge in [-0.1, -0.05) is 46.6 Å². The molecule has 0 radical (unpaired) electrons. The van der Waals surface area contributed by atoms with Gasteiger partial charge < -0.3 is 14.0 Å². The average molecular weight is 550 g/mol. The van der Waals surface area contributed by atoms with E-state index in [4.69, 9.17) is 42.2 Å². The quantitative estimate of drug-likeness (QED) is 0.221. The predicted octanol–water partition coefficient (Wildman–Crippen LogP) is 8.16. The predicted molar refractivity (Wildman–Crippen MR) is 147 cm³/mol. The number of hydrogen-bond donors (Lipinski definition) is 0. The Balaban J connectivity index is 1.04. The molecule has 3 aromatic heterocycles. The van der Waals surface area contributed by atoms with E-state index in [0.29, 0.717) is 46.3 Å². The van der Waals surface area contributed by atoms with Crippen LogP contribution >= 0.6 is 23.2 Å². The molecule has 6 nitrogen and oxygen atoms in total. The maximum absolute atomic E-state index is 6.76. The molecule has 196 valence electrons. The van der Waals surface area contributed by atoms with E-state index < -0.39 is 0 Å². The number of halogens is 2. The first-order valence-electron chi connectivity index (χ1n) is 13.4. The Labute approximate surface area is 231 Å². The largest absolute Gasteiger partial charge is 0.477 e. The van der Waals surface area contributed by atoms with Crippen LogP contribution in [-0.4, -0.2) is 27.3 Å². The number of pyridine rings is 2. The van der Waals surface area contributed by atoms with E-state index in [-0.39, 0.29) is 11.0 Å². The lowest BCUT2D eigenvalue weighted by molar-refractivity contribution is -0.150. The first-order valence-corrected chi connectivity index (χ1v) is 14.2. The number of hydrogen-bond acceptors (Lipinski definition) is 6. The minimum Gasteiger partial charge on any atom is -0.477 e. The van der Waals surface area contributed by atoms with E-state index in [1.165, 1.54) is 0 Å². The summed E-state index contributed by atoms with van der Waals surface area (Å²) in [6.07, 6.45) is 11.8. The van der Waals surface area contributed by atoms with Crippen LogP contribution in [0.1, 0.15) is 68.6 Å². The van der Waals surface area contributed by atoms with Crippen molar-refractivity contribution in [1.82, 2.24) is 15.1 Å². The van der Waals surface area contributed by atoms with Crippen molar-refractivity contribution in [3.05, 3.63) is 70.2 Å².